The van der Waals surface area contributed by atoms with Crippen molar-refractivity contribution in [3.63, 3.8) is 0 Å². The Balaban J connectivity index is 1.86. The number of benzene rings is 2. The highest BCUT2D eigenvalue weighted by molar-refractivity contribution is 5.77. The first kappa shape index (κ1) is 16.9. The van der Waals surface area contributed by atoms with E-state index in [-0.39, 0.29) is 12.5 Å². The smallest absolute Gasteiger partial charge is 0.258 e. The second-order valence-corrected chi connectivity index (χ2v) is 5.38. The van der Waals surface area contributed by atoms with Crippen LogP contribution in [0.2, 0.25) is 0 Å². The minimum Gasteiger partial charge on any atom is -0.490 e. The number of hydrogen-bond donors (Lipinski definition) is 1. The lowest BCUT2D eigenvalue weighted by Gasteiger charge is -2.12. The predicted octanol–water partition coefficient (Wildman–Crippen LogP) is 3.40. The Morgan fingerprint density at radius 1 is 1.04 bits per heavy atom. The van der Waals surface area contributed by atoms with E-state index in [1.165, 1.54) is 11.1 Å². The van der Waals surface area contributed by atoms with E-state index in [0.29, 0.717) is 24.7 Å². The molecule has 0 radical (unpaired) electrons. The number of aryl methyl sites for hydroxylation is 2. The minimum atomic E-state index is -0.156. The van der Waals surface area contributed by atoms with Crippen LogP contribution in [-0.2, 0) is 11.3 Å². The molecule has 0 saturated carbocycles. The van der Waals surface area contributed by atoms with Crippen LogP contribution in [0, 0.1) is 13.8 Å². The van der Waals surface area contributed by atoms with Crippen molar-refractivity contribution in [2.45, 2.75) is 27.3 Å². The van der Waals surface area contributed by atoms with Crippen LogP contribution in [0.1, 0.15) is 23.6 Å². The average Bonchev–Trinajstić information content (AvgIpc) is 2.53. The number of ether oxygens (including phenoxy) is 2. The number of para-hydroxylation sites is 2. The van der Waals surface area contributed by atoms with Gasteiger partial charge in [0, 0.05) is 6.54 Å². The first-order chi connectivity index (χ1) is 11.1. The van der Waals surface area contributed by atoms with E-state index in [9.17, 15) is 4.79 Å². The molecule has 122 valence electrons. The molecule has 4 heteroatoms. The Morgan fingerprint density at radius 3 is 2.39 bits per heavy atom. The van der Waals surface area contributed by atoms with E-state index >= 15 is 0 Å². The van der Waals surface area contributed by atoms with E-state index in [1.54, 1.807) is 6.07 Å². The largest absolute Gasteiger partial charge is 0.490 e. The summed E-state index contributed by atoms with van der Waals surface area (Å²) in [6.45, 7) is 7.03. The van der Waals surface area contributed by atoms with Crippen molar-refractivity contribution in [2.75, 3.05) is 13.2 Å². The standard InChI is InChI=1S/C19H23NO3/c1-4-22-17-7-5-6-8-18(17)23-13-19(21)20-12-16-10-9-14(2)11-15(16)3/h5-11H,4,12-13H2,1-3H3,(H,20,21). The van der Waals surface area contributed by atoms with Gasteiger partial charge in [-0.15, -0.1) is 0 Å². The summed E-state index contributed by atoms with van der Waals surface area (Å²) in [6.07, 6.45) is 0. The molecule has 4 nitrogen and oxygen atoms in total. The predicted molar refractivity (Wildman–Crippen MR) is 90.9 cm³/mol. The molecule has 2 aromatic rings. The van der Waals surface area contributed by atoms with Gasteiger partial charge < -0.3 is 14.8 Å². The molecule has 0 aliphatic rings. The van der Waals surface area contributed by atoms with Crippen molar-refractivity contribution in [1.82, 2.24) is 5.32 Å². The fourth-order valence-corrected chi connectivity index (χ4v) is 2.28. The summed E-state index contributed by atoms with van der Waals surface area (Å²) in [4.78, 5) is 12.0. The summed E-state index contributed by atoms with van der Waals surface area (Å²) in [7, 11) is 0. The average molecular weight is 313 g/mol. The second kappa shape index (κ2) is 8.22. The SMILES string of the molecule is CCOc1ccccc1OCC(=O)NCc1ccc(C)cc1C. The van der Waals surface area contributed by atoms with Crippen molar-refractivity contribution in [3.05, 3.63) is 59.2 Å². The summed E-state index contributed by atoms with van der Waals surface area (Å²) in [5.74, 6) is 1.07. The second-order valence-electron chi connectivity index (χ2n) is 5.38. The van der Waals surface area contributed by atoms with Crippen LogP contribution in [0.4, 0.5) is 0 Å². The Hall–Kier alpha value is -2.49. The van der Waals surface area contributed by atoms with Crippen LogP contribution in [0.25, 0.3) is 0 Å². The van der Waals surface area contributed by atoms with Gasteiger partial charge in [0.2, 0.25) is 0 Å². The quantitative estimate of drug-likeness (QED) is 0.852. The van der Waals surface area contributed by atoms with Crippen LogP contribution in [0.5, 0.6) is 11.5 Å². The molecule has 1 N–H and O–H groups in total. The maximum absolute atomic E-state index is 12.0. The third kappa shape index (κ3) is 5.02. The van der Waals surface area contributed by atoms with Gasteiger partial charge in [-0.2, -0.15) is 0 Å². The highest BCUT2D eigenvalue weighted by Gasteiger charge is 2.08. The molecule has 0 fully saturated rings. The Morgan fingerprint density at radius 2 is 1.74 bits per heavy atom. The van der Waals surface area contributed by atoms with Crippen LogP contribution in [0.15, 0.2) is 42.5 Å². The molecule has 0 unspecified atom stereocenters. The molecule has 23 heavy (non-hydrogen) atoms. The maximum Gasteiger partial charge on any atom is 0.258 e. The van der Waals surface area contributed by atoms with Crippen molar-refractivity contribution >= 4 is 5.91 Å². The number of carbonyl (C=O) groups excluding carboxylic acids is 1. The molecule has 0 bridgehead atoms. The Bertz CT molecular complexity index is 667. The van der Waals surface area contributed by atoms with E-state index in [4.69, 9.17) is 9.47 Å². The fraction of sp³-hybridized carbons (Fsp3) is 0.316. The van der Waals surface area contributed by atoms with Gasteiger partial charge in [-0.3, -0.25) is 4.79 Å². The molecule has 1 amide bonds. The normalized spacial score (nSPS) is 10.2. The highest BCUT2D eigenvalue weighted by atomic mass is 16.5. The molecule has 0 aliphatic heterocycles. The maximum atomic E-state index is 12.0. The molecule has 0 spiro atoms. The highest BCUT2D eigenvalue weighted by Crippen LogP contribution is 2.26. The Kier molecular flexibility index (Phi) is 6.03. The first-order valence-electron chi connectivity index (χ1n) is 7.77. The third-order valence-corrected chi connectivity index (χ3v) is 3.48. The minimum absolute atomic E-state index is 0.0327. The first-order valence-corrected chi connectivity index (χ1v) is 7.77. The summed E-state index contributed by atoms with van der Waals surface area (Å²) in [5, 5.41) is 2.88. The van der Waals surface area contributed by atoms with Crippen molar-refractivity contribution in [1.29, 1.82) is 0 Å². The number of nitrogens with one attached hydrogen (secondary N) is 1. The molecule has 0 saturated heterocycles. The summed E-state index contributed by atoms with van der Waals surface area (Å²) < 4.78 is 11.0. The molecule has 2 aromatic carbocycles. The molecule has 0 aliphatic carbocycles. The molecule has 0 heterocycles. The molecular formula is C19H23NO3. The van der Waals surface area contributed by atoms with Gasteiger partial charge >= 0.3 is 0 Å². The molecule has 0 atom stereocenters. The number of rotatable bonds is 7. The van der Waals surface area contributed by atoms with Gasteiger partial charge in [-0.1, -0.05) is 35.9 Å². The van der Waals surface area contributed by atoms with Gasteiger partial charge in [0.05, 0.1) is 6.61 Å². The number of amides is 1. The lowest BCUT2D eigenvalue weighted by Crippen LogP contribution is -2.28. The van der Waals surface area contributed by atoms with E-state index in [0.717, 1.165) is 5.56 Å². The summed E-state index contributed by atoms with van der Waals surface area (Å²) in [5.41, 5.74) is 3.50. The van der Waals surface area contributed by atoms with Crippen LogP contribution in [-0.4, -0.2) is 19.1 Å². The van der Waals surface area contributed by atoms with Crippen molar-refractivity contribution in [2.24, 2.45) is 0 Å². The molecule has 0 aromatic heterocycles. The summed E-state index contributed by atoms with van der Waals surface area (Å²) >= 11 is 0. The topological polar surface area (TPSA) is 47.6 Å². The van der Waals surface area contributed by atoms with Gasteiger partial charge in [0.25, 0.3) is 5.91 Å². The van der Waals surface area contributed by atoms with Crippen LogP contribution in [0.3, 0.4) is 0 Å². The van der Waals surface area contributed by atoms with E-state index < -0.39 is 0 Å². The lowest BCUT2D eigenvalue weighted by molar-refractivity contribution is -0.123. The van der Waals surface area contributed by atoms with Crippen molar-refractivity contribution < 1.29 is 14.3 Å². The van der Waals surface area contributed by atoms with E-state index in [2.05, 4.69) is 18.3 Å². The summed E-state index contributed by atoms with van der Waals surface area (Å²) in [6, 6.07) is 13.5. The fourth-order valence-electron chi connectivity index (χ4n) is 2.28. The Labute approximate surface area is 137 Å². The van der Waals surface area contributed by atoms with Crippen LogP contribution < -0.4 is 14.8 Å². The number of hydrogen-bond acceptors (Lipinski definition) is 3. The zero-order valence-electron chi connectivity index (χ0n) is 13.9. The van der Waals surface area contributed by atoms with Crippen LogP contribution >= 0.6 is 0 Å². The molecular weight excluding hydrogens is 290 g/mol. The zero-order valence-corrected chi connectivity index (χ0v) is 13.9. The lowest BCUT2D eigenvalue weighted by atomic mass is 10.1. The zero-order chi connectivity index (χ0) is 16.7. The number of carbonyl (C=O) groups is 1. The monoisotopic (exact) mass is 313 g/mol. The third-order valence-electron chi connectivity index (χ3n) is 3.48. The van der Waals surface area contributed by atoms with Crippen molar-refractivity contribution in [3.8, 4) is 11.5 Å². The molecule has 2 rings (SSSR count). The van der Waals surface area contributed by atoms with Gasteiger partial charge in [-0.05, 0) is 44.0 Å². The van der Waals surface area contributed by atoms with Gasteiger partial charge in [-0.25, -0.2) is 0 Å². The van der Waals surface area contributed by atoms with Gasteiger partial charge in [0.15, 0.2) is 18.1 Å². The van der Waals surface area contributed by atoms with E-state index in [1.807, 2.05) is 44.2 Å². The van der Waals surface area contributed by atoms with Gasteiger partial charge in [0.1, 0.15) is 0 Å².